The van der Waals surface area contributed by atoms with Crippen molar-refractivity contribution in [1.29, 1.82) is 0 Å². The van der Waals surface area contributed by atoms with Gasteiger partial charge < -0.3 is 14.8 Å². The molecule has 27 heavy (non-hydrogen) atoms. The number of benzene rings is 1. The Kier molecular flexibility index (Phi) is 7.45. The summed E-state index contributed by atoms with van der Waals surface area (Å²) in [7, 11) is 0. The number of imidazole rings is 1. The topological polar surface area (TPSA) is 33.1 Å². The van der Waals surface area contributed by atoms with Gasteiger partial charge in [-0.15, -0.1) is 0 Å². The summed E-state index contributed by atoms with van der Waals surface area (Å²) in [6, 6.07) is 8.45. The van der Waals surface area contributed by atoms with E-state index in [0.717, 1.165) is 49.7 Å². The monoisotopic (exact) mass is 382 g/mol. The Morgan fingerprint density at radius 2 is 2.22 bits per heavy atom. The smallest absolute Gasteiger partial charge is 0.173 e. The third-order valence-corrected chi connectivity index (χ3v) is 5.55. The van der Waals surface area contributed by atoms with Crippen molar-refractivity contribution in [3.8, 4) is 0 Å². The summed E-state index contributed by atoms with van der Waals surface area (Å²) >= 11 is 5.82. The maximum Gasteiger partial charge on any atom is 0.173 e. The van der Waals surface area contributed by atoms with Gasteiger partial charge in [0.05, 0.1) is 6.33 Å². The lowest BCUT2D eigenvalue weighted by Crippen LogP contribution is -2.39. The molecule has 0 aliphatic heterocycles. The molecule has 5 heteroatoms. The van der Waals surface area contributed by atoms with Crippen molar-refractivity contribution in [1.82, 2.24) is 14.5 Å². The molecular formula is C22H30N4S. The average Bonchev–Trinajstić information content (AvgIpc) is 3.22. The molecule has 1 unspecified atom stereocenters. The SMILES string of the molecule is CCc1ccccc1NC(=S)N(CCCn1ccnc1)CC1CC=CCC1. The van der Waals surface area contributed by atoms with Crippen molar-refractivity contribution >= 4 is 23.0 Å². The first-order valence-electron chi connectivity index (χ1n) is 10.0. The van der Waals surface area contributed by atoms with E-state index in [1.165, 1.54) is 18.4 Å². The first kappa shape index (κ1) is 19.6. The molecule has 1 atom stereocenters. The molecule has 1 aromatic carbocycles. The van der Waals surface area contributed by atoms with Crippen molar-refractivity contribution in [2.75, 3.05) is 18.4 Å². The molecule has 1 aliphatic rings. The van der Waals surface area contributed by atoms with Crippen LogP contribution in [0.25, 0.3) is 0 Å². The highest BCUT2D eigenvalue weighted by Gasteiger charge is 2.18. The number of allylic oxidation sites excluding steroid dienone is 2. The number of nitrogens with one attached hydrogen (secondary N) is 1. The van der Waals surface area contributed by atoms with Gasteiger partial charge in [-0.05, 0) is 61.9 Å². The fourth-order valence-corrected chi connectivity index (χ4v) is 3.89. The molecule has 1 aromatic heterocycles. The highest BCUT2D eigenvalue weighted by molar-refractivity contribution is 7.80. The first-order chi connectivity index (χ1) is 13.3. The lowest BCUT2D eigenvalue weighted by Gasteiger charge is -2.31. The Balaban J connectivity index is 1.63. The maximum atomic E-state index is 5.82. The second-order valence-electron chi connectivity index (χ2n) is 7.19. The molecule has 1 N–H and O–H groups in total. The van der Waals surface area contributed by atoms with E-state index in [1.54, 1.807) is 0 Å². The lowest BCUT2D eigenvalue weighted by atomic mass is 9.94. The van der Waals surface area contributed by atoms with Crippen LogP contribution in [0.2, 0.25) is 0 Å². The van der Waals surface area contributed by atoms with Gasteiger partial charge in [0.25, 0.3) is 0 Å². The summed E-state index contributed by atoms with van der Waals surface area (Å²) in [5, 5.41) is 4.36. The number of para-hydroxylation sites is 1. The maximum absolute atomic E-state index is 5.82. The predicted molar refractivity (Wildman–Crippen MR) is 117 cm³/mol. The van der Waals surface area contributed by atoms with Gasteiger partial charge in [-0.1, -0.05) is 37.3 Å². The van der Waals surface area contributed by atoms with Crippen LogP contribution in [0.5, 0.6) is 0 Å². The zero-order valence-corrected chi connectivity index (χ0v) is 17.0. The number of aryl methyl sites for hydroxylation is 2. The normalized spacial score (nSPS) is 16.3. The van der Waals surface area contributed by atoms with Crippen LogP contribution in [0.3, 0.4) is 0 Å². The quantitative estimate of drug-likeness (QED) is 0.520. The van der Waals surface area contributed by atoms with Crippen LogP contribution in [0.15, 0.2) is 55.1 Å². The second-order valence-corrected chi connectivity index (χ2v) is 7.58. The Bertz CT molecular complexity index is 739. The van der Waals surface area contributed by atoms with Crippen molar-refractivity contribution in [2.24, 2.45) is 5.92 Å². The van der Waals surface area contributed by atoms with Gasteiger partial charge >= 0.3 is 0 Å². The molecule has 0 spiro atoms. The number of hydrogen-bond acceptors (Lipinski definition) is 2. The number of thiocarbonyl (C=S) groups is 1. The van der Waals surface area contributed by atoms with Gasteiger partial charge in [0.15, 0.2) is 5.11 Å². The van der Waals surface area contributed by atoms with E-state index in [2.05, 4.69) is 63.1 Å². The fraction of sp³-hybridized carbons (Fsp3) is 0.455. The van der Waals surface area contributed by atoms with E-state index in [0.29, 0.717) is 5.92 Å². The molecule has 1 aliphatic carbocycles. The van der Waals surface area contributed by atoms with Gasteiger partial charge in [-0.2, -0.15) is 0 Å². The van der Waals surface area contributed by atoms with E-state index >= 15 is 0 Å². The Morgan fingerprint density at radius 1 is 1.33 bits per heavy atom. The van der Waals surface area contributed by atoms with Crippen molar-refractivity contribution in [2.45, 2.75) is 45.6 Å². The molecule has 3 rings (SSSR count). The molecule has 0 radical (unpaired) electrons. The third kappa shape index (κ3) is 5.93. The standard InChI is InChI=1S/C22H30N4S/c1-2-20-11-6-7-12-21(20)24-22(27)26(17-19-9-4-3-5-10-19)15-8-14-25-16-13-23-18-25/h3-4,6-7,11-13,16,18-19H,2,5,8-10,14-15,17H2,1H3,(H,24,27). The zero-order chi connectivity index (χ0) is 18.9. The van der Waals surface area contributed by atoms with Crippen LogP contribution in [-0.4, -0.2) is 32.7 Å². The fourth-order valence-electron chi connectivity index (χ4n) is 3.62. The average molecular weight is 383 g/mol. The Labute approximate surface area is 168 Å². The minimum Gasteiger partial charge on any atom is -0.349 e. The molecule has 0 amide bonds. The van der Waals surface area contributed by atoms with Gasteiger partial charge in [0.2, 0.25) is 0 Å². The van der Waals surface area contributed by atoms with E-state index in [-0.39, 0.29) is 0 Å². The molecule has 1 heterocycles. The predicted octanol–water partition coefficient (Wildman–Crippen LogP) is 4.89. The zero-order valence-electron chi connectivity index (χ0n) is 16.2. The Morgan fingerprint density at radius 3 is 2.96 bits per heavy atom. The molecule has 2 aromatic rings. The van der Waals surface area contributed by atoms with Crippen LogP contribution in [0, 0.1) is 5.92 Å². The van der Waals surface area contributed by atoms with Gasteiger partial charge in [0.1, 0.15) is 0 Å². The molecule has 0 saturated heterocycles. The third-order valence-electron chi connectivity index (χ3n) is 5.19. The molecule has 144 valence electrons. The largest absolute Gasteiger partial charge is 0.349 e. The summed E-state index contributed by atoms with van der Waals surface area (Å²) in [5.41, 5.74) is 2.44. The van der Waals surface area contributed by atoms with E-state index in [4.69, 9.17) is 12.2 Å². The van der Waals surface area contributed by atoms with Crippen LogP contribution < -0.4 is 5.32 Å². The number of hydrogen-bond donors (Lipinski definition) is 1. The minimum absolute atomic E-state index is 0.685. The molecular weight excluding hydrogens is 352 g/mol. The highest BCUT2D eigenvalue weighted by Crippen LogP contribution is 2.21. The van der Waals surface area contributed by atoms with Crippen molar-refractivity contribution < 1.29 is 0 Å². The van der Waals surface area contributed by atoms with Crippen LogP contribution in [0.4, 0.5) is 5.69 Å². The van der Waals surface area contributed by atoms with Gasteiger partial charge in [-0.3, -0.25) is 0 Å². The molecule has 0 bridgehead atoms. The van der Waals surface area contributed by atoms with Crippen LogP contribution >= 0.6 is 12.2 Å². The molecule has 0 fully saturated rings. The number of rotatable bonds is 8. The lowest BCUT2D eigenvalue weighted by molar-refractivity contribution is 0.316. The Hall–Kier alpha value is -2.14. The van der Waals surface area contributed by atoms with Crippen LogP contribution in [0.1, 0.15) is 38.2 Å². The van der Waals surface area contributed by atoms with Gasteiger partial charge in [0, 0.05) is 37.7 Å². The summed E-state index contributed by atoms with van der Waals surface area (Å²) in [4.78, 5) is 6.49. The summed E-state index contributed by atoms with van der Waals surface area (Å²) < 4.78 is 2.13. The summed E-state index contributed by atoms with van der Waals surface area (Å²) in [6.45, 7) is 5.13. The summed E-state index contributed by atoms with van der Waals surface area (Å²) in [5.74, 6) is 0.685. The van der Waals surface area contributed by atoms with E-state index in [9.17, 15) is 0 Å². The highest BCUT2D eigenvalue weighted by atomic mass is 32.1. The minimum atomic E-state index is 0.685. The van der Waals surface area contributed by atoms with E-state index in [1.807, 2.05) is 18.7 Å². The van der Waals surface area contributed by atoms with Crippen molar-refractivity contribution in [3.05, 3.63) is 60.7 Å². The van der Waals surface area contributed by atoms with Crippen molar-refractivity contribution in [3.63, 3.8) is 0 Å². The van der Waals surface area contributed by atoms with Gasteiger partial charge in [-0.25, -0.2) is 4.98 Å². The second kappa shape index (κ2) is 10.3. The summed E-state index contributed by atoms with van der Waals surface area (Å²) in [6.07, 6.45) is 16.0. The molecule has 0 saturated carbocycles. The van der Waals surface area contributed by atoms with Crippen LogP contribution in [-0.2, 0) is 13.0 Å². The number of aromatic nitrogens is 2. The number of anilines is 1. The van der Waals surface area contributed by atoms with E-state index < -0.39 is 0 Å². The number of nitrogens with zero attached hydrogens (tertiary/aromatic N) is 3. The first-order valence-corrected chi connectivity index (χ1v) is 10.4. The molecule has 4 nitrogen and oxygen atoms in total.